The molecule has 0 N–H and O–H groups in total. The lowest BCUT2D eigenvalue weighted by atomic mass is 10.0. The zero-order valence-electron chi connectivity index (χ0n) is 12.7. The third kappa shape index (κ3) is 2.51. The summed E-state index contributed by atoms with van der Waals surface area (Å²) >= 11 is 1.66. The average Bonchev–Trinajstić information content (AvgIpc) is 2.80. The first kappa shape index (κ1) is 14.7. The van der Waals surface area contributed by atoms with E-state index in [4.69, 9.17) is 0 Å². The normalized spacial score (nSPS) is 12.2. The van der Waals surface area contributed by atoms with Gasteiger partial charge in [-0.3, -0.25) is 10.1 Å². The number of fused-ring (bicyclic) bond motifs is 2. The zero-order valence-corrected chi connectivity index (χ0v) is 13.5. The van der Waals surface area contributed by atoms with Crippen LogP contribution in [-0.4, -0.2) is 4.92 Å². The van der Waals surface area contributed by atoms with Gasteiger partial charge < -0.3 is 0 Å². The molecule has 3 nitrogen and oxygen atoms in total. The van der Waals surface area contributed by atoms with Gasteiger partial charge in [-0.05, 0) is 23.3 Å². The van der Waals surface area contributed by atoms with E-state index in [1.165, 1.54) is 0 Å². The lowest BCUT2D eigenvalue weighted by Crippen LogP contribution is -1.93. The van der Waals surface area contributed by atoms with Crippen LogP contribution >= 0.6 is 11.8 Å². The second-order valence-electron chi connectivity index (χ2n) is 5.47. The van der Waals surface area contributed by atoms with E-state index in [9.17, 15) is 10.1 Å². The van der Waals surface area contributed by atoms with Crippen molar-refractivity contribution in [2.75, 3.05) is 0 Å². The smallest absolute Gasteiger partial charge is 0.258 e. The fraction of sp³-hybridized carbons (Fsp3) is 0. The summed E-state index contributed by atoms with van der Waals surface area (Å²) in [5.41, 5.74) is 3.91. The average molecular weight is 331 g/mol. The summed E-state index contributed by atoms with van der Waals surface area (Å²) in [7, 11) is 0. The van der Waals surface area contributed by atoms with Gasteiger partial charge in [-0.25, -0.2) is 0 Å². The molecular weight excluding hydrogens is 318 g/mol. The van der Waals surface area contributed by atoms with E-state index >= 15 is 0 Å². The van der Waals surface area contributed by atoms with Gasteiger partial charge in [-0.15, -0.1) is 0 Å². The van der Waals surface area contributed by atoms with Gasteiger partial charge in [0.05, 0.1) is 10.5 Å². The SMILES string of the molecule is O=[N+]([O-])c1ccccc1-c1cccc2c1Sc1ccccc1C=C2. The van der Waals surface area contributed by atoms with Gasteiger partial charge >= 0.3 is 0 Å². The van der Waals surface area contributed by atoms with Crippen LogP contribution in [0.3, 0.4) is 0 Å². The lowest BCUT2D eigenvalue weighted by Gasteiger charge is -2.12. The fourth-order valence-corrected chi connectivity index (χ4v) is 4.04. The maximum absolute atomic E-state index is 11.4. The number of nitro groups is 1. The molecule has 0 radical (unpaired) electrons. The van der Waals surface area contributed by atoms with Crippen molar-refractivity contribution >= 4 is 29.6 Å². The van der Waals surface area contributed by atoms with Crippen LogP contribution in [-0.2, 0) is 0 Å². The van der Waals surface area contributed by atoms with Crippen LogP contribution in [0.25, 0.3) is 23.3 Å². The maximum Gasteiger partial charge on any atom is 0.277 e. The predicted octanol–water partition coefficient (Wildman–Crippen LogP) is 5.90. The Kier molecular flexibility index (Phi) is 3.67. The van der Waals surface area contributed by atoms with Crippen molar-refractivity contribution in [3.8, 4) is 11.1 Å². The van der Waals surface area contributed by atoms with Crippen molar-refractivity contribution in [3.63, 3.8) is 0 Å². The first-order chi connectivity index (χ1) is 11.7. The molecule has 1 heterocycles. The zero-order chi connectivity index (χ0) is 16.5. The highest BCUT2D eigenvalue weighted by atomic mass is 32.2. The van der Waals surface area contributed by atoms with Crippen LogP contribution in [0.2, 0.25) is 0 Å². The molecule has 24 heavy (non-hydrogen) atoms. The van der Waals surface area contributed by atoms with Crippen molar-refractivity contribution in [1.82, 2.24) is 0 Å². The van der Waals surface area contributed by atoms with E-state index in [1.54, 1.807) is 23.9 Å². The van der Waals surface area contributed by atoms with Gasteiger partial charge in [0, 0.05) is 21.4 Å². The Morgan fingerprint density at radius 1 is 0.750 bits per heavy atom. The molecule has 0 bridgehead atoms. The Bertz CT molecular complexity index is 979. The van der Waals surface area contributed by atoms with Crippen molar-refractivity contribution < 1.29 is 4.92 Å². The Labute approximate surface area is 143 Å². The Hall–Kier alpha value is -2.85. The number of hydrogen-bond acceptors (Lipinski definition) is 3. The van der Waals surface area contributed by atoms with E-state index in [0.29, 0.717) is 5.56 Å². The number of benzene rings is 3. The van der Waals surface area contributed by atoms with Crippen LogP contribution in [0, 0.1) is 10.1 Å². The summed E-state index contributed by atoms with van der Waals surface area (Å²) in [5, 5.41) is 11.4. The highest BCUT2D eigenvalue weighted by Gasteiger charge is 2.20. The van der Waals surface area contributed by atoms with E-state index < -0.39 is 0 Å². The number of nitro benzene ring substituents is 1. The molecule has 1 aliphatic rings. The van der Waals surface area contributed by atoms with Crippen molar-refractivity contribution in [3.05, 3.63) is 88.0 Å². The topological polar surface area (TPSA) is 43.1 Å². The molecule has 3 aromatic carbocycles. The second-order valence-corrected chi connectivity index (χ2v) is 6.52. The number of rotatable bonds is 2. The molecule has 0 aliphatic carbocycles. The van der Waals surface area contributed by atoms with Gasteiger partial charge in [0.15, 0.2) is 0 Å². The molecule has 0 spiro atoms. The van der Waals surface area contributed by atoms with Gasteiger partial charge in [0.25, 0.3) is 5.69 Å². The van der Waals surface area contributed by atoms with Crippen LogP contribution in [0.5, 0.6) is 0 Å². The molecule has 0 saturated carbocycles. The highest BCUT2D eigenvalue weighted by Crippen LogP contribution is 2.44. The van der Waals surface area contributed by atoms with Crippen molar-refractivity contribution in [2.24, 2.45) is 0 Å². The first-order valence-corrected chi connectivity index (χ1v) is 8.37. The molecule has 4 rings (SSSR count). The molecule has 0 fully saturated rings. The van der Waals surface area contributed by atoms with E-state index in [-0.39, 0.29) is 10.6 Å². The molecule has 0 aromatic heterocycles. The fourth-order valence-electron chi connectivity index (χ4n) is 2.87. The van der Waals surface area contributed by atoms with Crippen LogP contribution in [0.1, 0.15) is 11.1 Å². The molecule has 0 atom stereocenters. The highest BCUT2D eigenvalue weighted by molar-refractivity contribution is 7.99. The van der Waals surface area contributed by atoms with Crippen molar-refractivity contribution in [1.29, 1.82) is 0 Å². The van der Waals surface area contributed by atoms with Crippen LogP contribution < -0.4 is 0 Å². The molecule has 3 aromatic rings. The summed E-state index contributed by atoms with van der Waals surface area (Å²) in [6.45, 7) is 0. The van der Waals surface area contributed by atoms with Crippen LogP contribution in [0.15, 0.2) is 76.5 Å². The van der Waals surface area contributed by atoms with Gasteiger partial charge in [-0.1, -0.05) is 72.4 Å². The lowest BCUT2D eigenvalue weighted by molar-refractivity contribution is -0.384. The molecular formula is C20H13NO2S. The summed E-state index contributed by atoms with van der Waals surface area (Å²) in [6, 6.07) is 21.0. The monoisotopic (exact) mass is 331 g/mol. The number of nitrogens with zero attached hydrogens (tertiary/aromatic N) is 1. The largest absolute Gasteiger partial charge is 0.277 e. The predicted molar refractivity (Wildman–Crippen MR) is 98.0 cm³/mol. The van der Waals surface area contributed by atoms with Gasteiger partial charge in [-0.2, -0.15) is 0 Å². The minimum atomic E-state index is -0.320. The summed E-state index contributed by atoms with van der Waals surface area (Å²) in [6.07, 6.45) is 4.17. The standard InChI is InChI=1S/C20H13NO2S/c22-21(23)18-10-3-2-8-16(18)17-9-5-7-15-13-12-14-6-1-4-11-19(14)24-20(15)17/h1-13H. The Morgan fingerprint density at radius 2 is 1.42 bits per heavy atom. The Morgan fingerprint density at radius 3 is 2.29 bits per heavy atom. The second kappa shape index (κ2) is 5.98. The first-order valence-electron chi connectivity index (χ1n) is 7.56. The maximum atomic E-state index is 11.4. The minimum Gasteiger partial charge on any atom is -0.258 e. The van der Waals surface area contributed by atoms with Crippen molar-refractivity contribution in [2.45, 2.75) is 9.79 Å². The minimum absolute atomic E-state index is 0.132. The molecule has 4 heteroatoms. The summed E-state index contributed by atoms with van der Waals surface area (Å²) < 4.78 is 0. The third-order valence-corrected chi connectivity index (χ3v) is 5.26. The molecule has 116 valence electrons. The molecule has 0 unspecified atom stereocenters. The third-order valence-electron chi connectivity index (χ3n) is 4.01. The van der Waals surface area contributed by atoms with E-state index in [2.05, 4.69) is 24.3 Å². The van der Waals surface area contributed by atoms with Gasteiger partial charge in [0.2, 0.25) is 0 Å². The van der Waals surface area contributed by atoms with E-state index in [1.807, 2.05) is 42.5 Å². The quantitative estimate of drug-likeness (QED) is 0.339. The molecule has 0 saturated heterocycles. The number of hydrogen-bond donors (Lipinski definition) is 0. The summed E-state index contributed by atoms with van der Waals surface area (Å²) in [5.74, 6) is 0. The molecule has 1 aliphatic heterocycles. The summed E-state index contributed by atoms with van der Waals surface area (Å²) in [4.78, 5) is 13.3. The number of para-hydroxylation sites is 1. The van der Waals surface area contributed by atoms with E-state index in [0.717, 1.165) is 26.5 Å². The molecule has 0 amide bonds. The van der Waals surface area contributed by atoms with Crippen LogP contribution in [0.4, 0.5) is 5.69 Å². The Balaban J connectivity index is 1.94. The van der Waals surface area contributed by atoms with Gasteiger partial charge in [0.1, 0.15) is 0 Å².